The highest BCUT2D eigenvalue weighted by Crippen LogP contribution is 2.45. The lowest BCUT2D eigenvalue weighted by atomic mass is 10.1. The van der Waals surface area contributed by atoms with E-state index in [0.717, 1.165) is 173 Å². The number of allylic oxidation sites excluding steroid dienone is 26. The molecule has 0 aromatic rings. The van der Waals surface area contributed by atoms with Gasteiger partial charge in [0.15, 0.2) is 12.2 Å². The maximum atomic E-state index is 13.1. The van der Waals surface area contributed by atoms with Gasteiger partial charge in [0.2, 0.25) is 0 Å². The molecule has 0 aromatic carbocycles. The lowest BCUT2D eigenvalue weighted by Crippen LogP contribution is -2.30. The summed E-state index contributed by atoms with van der Waals surface area (Å²) in [5, 5.41) is 10.6. The summed E-state index contributed by atoms with van der Waals surface area (Å²) >= 11 is 0. The monoisotopic (exact) mass is 1440 g/mol. The van der Waals surface area contributed by atoms with Crippen molar-refractivity contribution in [1.82, 2.24) is 0 Å². The second-order valence-electron chi connectivity index (χ2n) is 24.5. The number of hydrogen-bond acceptors (Lipinski definition) is 15. The van der Waals surface area contributed by atoms with Crippen molar-refractivity contribution in [2.75, 3.05) is 39.6 Å². The molecule has 0 fully saturated rings. The average Bonchev–Trinajstić information content (AvgIpc) is 0.930. The van der Waals surface area contributed by atoms with Gasteiger partial charge in [0, 0.05) is 25.7 Å². The van der Waals surface area contributed by atoms with E-state index in [-0.39, 0.29) is 25.7 Å². The number of unbranched alkanes of at least 4 members (excludes halogenated alkanes) is 17. The van der Waals surface area contributed by atoms with Gasteiger partial charge in [0.25, 0.3) is 0 Å². The highest BCUT2D eigenvalue weighted by atomic mass is 31.2. The molecule has 0 saturated heterocycles. The number of phosphoric ester groups is 2. The minimum absolute atomic E-state index is 0.0247. The van der Waals surface area contributed by atoms with E-state index < -0.39 is 97.5 Å². The van der Waals surface area contributed by atoms with Gasteiger partial charge in [-0.1, -0.05) is 256 Å². The minimum Gasteiger partial charge on any atom is -0.462 e. The molecule has 5 atom stereocenters. The number of phosphoric acid groups is 2. The first-order chi connectivity index (χ1) is 48.7. The molecule has 0 aliphatic rings. The number of carbonyl (C=O) groups is 4. The van der Waals surface area contributed by atoms with Gasteiger partial charge in [-0.05, 0) is 148 Å². The third-order valence-corrected chi connectivity index (χ3v) is 16.9. The zero-order valence-corrected chi connectivity index (χ0v) is 63.6. The molecule has 568 valence electrons. The Labute approximate surface area is 604 Å². The number of esters is 4. The molecule has 0 spiro atoms. The van der Waals surface area contributed by atoms with Gasteiger partial charge < -0.3 is 33.8 Å². The van der Waals surface area contributed by atoms with Crippen molar-refractivity contribution >= 4 is 39.5 Å². The van der Waals surface area contributed by atoms with Crippen molar-refractivity contribution in [3.8, 4) is 0 Å². The molecule has 100 heavy (non-hydrogen) atoms. The lowest BCUT2D eigenvalue weighted by molar-refractivity contribution is -0.161. The number of aliphatic hydroxyl groups is 1. The quantitative estimate of drug-likeness (QED) is 0.0169. The Hall–Kier alpha value is -5.32. The first-order valence-electron chi connectivity index (χ1n) is 37.7. The molecule has 0 amide bonds. The van der Waals surface area contributed by atoms with Crippen LogP contribution in [0.2, 0.25) is 0 Å². The molecule has 3 N–H and O–H groups in total. The van der Waals surface area contributed by atoms with Crippen molar-refractivity contribution in [1.29, 1.82) is 0 Å². The standard InChI is InChI=1S/C81H132O17P2/c1-5-9-13-17-21-25-29-32-34-36-37-39-40-43-47-50-54-58-62-66-79(84)92-72-77(98-81(86)68-64-60-56-52-48-44-41-38-35-33-30-26-22-18-14-10-6-2)74-96-100(89,90)94-70-75(82)69-93-99(87,88)95-73-76(97-80(85)67-63-59-55-51-45-28-24-20-16-12-8-4)71-91-78(83)65-61-57-53-49-46-42-31-27-23-19-15-11-7-3/h9-10,13-15,19-22,24-27,31-35,37,39,41,43-44,47,54,58,75-77,82H,5-8,11-12,16-18,23,28-30,36,38,40,42,45-46,48-53,55-57,59-74H2,1-4H3,(H,87,88)(H,89,90)/b13-9-,14-10-,19-15-,24-20-,25-21-,26-22-,31-27-,34-32-,35-33-,39-37-,44-41-,47-43-,58-54-. The van der Waals surface area contributed by atoms with Crippen LogP contribution in [0.25, 0.3) is 0 Å². The van der Waals surface area contributed by atoms with Gasteiger partial charge in [-0.3, -0.25) is 37.3 Å². The first kappa shape index (κ1) is 94.7. The molecule has 0 rings (SSSR count). The largest absolute Gasteiger partial charge is 0.472 e. The van der Waals surface area contributed by atoms with Crippen LogP contribution in [0.1, 0.15) is 272 Å². The van der Waals surface area contributed by atoms with Crippen LogP contribution >= 0.6 is 15.6 Å². The van der Waals surface area contributed by atoms with E-state index in [2.05, 4.69) is 167 Å². The third kappa shape index (κ3) is 71.1. The maximum Gasteiger partial charge on any atom is 0.472 e. The van der Waals surface area contributed by atoms with Gasteiger partial charge in [-0.15, -0.1) is 0 Å². The van der Waals surface area contributed by atoms with E-state index in [1.54, 1.807) is 0 Å². The molecular formula is C81H132O17P2. The van der Waals surface area contributed by atoms with Crippen LogP contribution in [-0.2, 0) is 65.4 Å². The fraction of sp³-hybridized carbons (Fsp3) is 0.630. The number of aliphatic hydroxyl groups excluding tert-OH is 1. The Balaban J connectivity index is 5.45. The zero-order valence-electron chi connectivity index (χ0n) is 61.8. The summed E-state index contributed by atoms with van der Waals surface area (Å²) in [4.78, 5) is 72.8. The normalized spacial score (nSPS) is 14.8. The molecule has 5 unspecified atom stereocenters. The van der Waals surface area contributed by atoms with Crippen molar-refractivity contribution < 1.29 is 80.2 Å². The van der Waals surface area contributed by atoms with Crippen LogP contribution in [0.15, 0.2) is 158 Å². The molecule has 0 aromatic heterocycles. The number of hydrogen-bond donors (Lipinski definition) is 3. The topological polar surface area (TPSA) is 237 Å². The van der Waals surface area contributed by atoms with E-state index in [4.69, 9.17) is 37.0 Å². The van der Waals surface area contributed by atoms with Crippen LogP contribution in [0.3, 0.4) is 0 Å². The van der Waals surface area contributed by atoms with Crippen LogP contribution in [-0.4, -0.2) is 96.7 Å². The highest BCUT2D eigenvalue weighted by Gasteiger charge is 2.30. The SMILES string of the molecule is CC/C=C\C/C=C\C/C=C\C/C=C\C/C=C\C/C=C\CCC(=O)OCC(COP(=O)(O)OCC(O)COP(=O)(O)OCC(COC(=O)CCCCCCC/C=C\C/C=C\CCC)OC(=O)CCCCCCC/C=C\CCCC)OC(=O)CCCCCC/C=C\C/C=C\C/C=C\C/C=C\CC. The van der Waals surface area contributed by atoms with Crippen molar-refractivity contribution in [3.05, 3.63) is 158 Å². The zero-order chi connectivity index (χ0) is 73.2. The molecule has 0 aliphatic carbocycles. The second kappa shape index (κ2) is 72.0. The summed E-state index contributed by atoms with van der Waals surface area (Å²) < 4.78 is 68.3. The predicted octanol–water partition coefficient (Wildman–Crippen LogP) is 21.7. The van der Waals surface area contributed by atoms with Crippen LogP contribution in [0.5, 0.6) is 0 Å². The Kier molecular flexibility index (Phi) is 68.2. The predicted molar refractivity (Wildman–Crippen MR) is 408 cm³/mol. The van der Waals surface area contributed by atoms with Crippen molar-refractivity contribution in [2.45, 2.75) is 290 Å². The summed E-state index contributed by atoms with van der Waals surface area (Å²) in [5.41, 5.74) is 0. The maximum absolute atomic E-state index is 13.1. The van der Waals surface area contributed by atoms with Gasteiger partial charge in [0.05, 0.1) is 26.4 Å². The Bertz CT molecular complexity index is 2520. The van der Waals surface area contributed by atoms with Gasteiger partial charge >= 0.3 is 39.5 Å². The van der Waals surface area contributed by atoms with Gasteiger partial charge in [-0.2, -0.15) is 0 Å². The van der Waals surface area contributed by atoms with Crippen LogP contribution in [0, 0.1) is 0 Å². The molecule has 0 aliphatic heterocycles. The molecule has 19 heteroatoms. The molecule has 0 bridgehead atoms. The molecule has 0 saturated carbocycles. The number of rotatable bonds is 69. The third-order valence-electron chi connectivity index (χ3n) is 15.0. The highest BCUT2D eigenvalue weighted by molar-refractivity contribution is 7.47. The smallest absolute Gasteiger partial charge is 0.462 e. The van der Waals surface area contributed by atoms with Crippen LogP contribution < -0.4 is 0 Å². The number of carbonyl (C=O) groups excluding carboxylic acids is 4. The molecule has 0 heterocycles. The summed E-state index contributed by atoms with van der Waals surface area (Å²) in [5.74, 6) is -2.34. The molecular weight excluding hydrogens is 1310 g/mol. The summed E-state index contributed by atoms with van der Waals surface area (Å²) in [6, 6.07) is 0. The van der Waals surface area contributed by atoms with E-state index in [1.807, 2.05) is 18.2 Å². The summed E-state index contributed by atoms with van der Waals surface area (Å²) in [7, 11) is -9.99. The second-order valence-corrected chi connectivity index (χ2v) is 27.4. The Morgan fingerprint density at radius 1 is 0.290 bits per heavy atom. The van der Waals surface area contributed by atoms with E-state index in [1.165, 1.54) is 12.8 Å². The van der Waals surface area contributed by atoms with Crippen molar-refractivity contribution in [2.24, 2.45) is 0 Å². The Morgan fingerprint density at radius 2 is 0.560 bits per heavy atom. The molecule has 0 radical (unpaired) electrons. The summed E-state index contributed by atoms with van der Waals surface area (Å²) in [6.07, 6.45) is 82.6. The van der Waals surface area contributed by atoms with Crippen LogP contribution in [0.4, 0.5) is 0 Å². The van der Waals surface area contributed by atoms with Gasteiger partial charge in [0.1, 0.15) is 19.3 Å². The fourth-order valence-corrected chi connectivity index (χ4v) is 10.8. The lowest BCUT2D eigenvalue weighted by Gasteiger charge is -2.21. The fourth-order valence-electron chi connectivity index (χ4n) is 9.25. The van der Waals surface area contributed by atoms with E-state index in [9.17, 15) is 43.2 Å². The molecule has 17 nitrogen and oxygen atoms in total. The van der Waals surface area contributed by atoms with Gasteiger partial charge in [-0.25, -0.2) is 9.13 Å². The summed E-state index contributed by atoms with van der Waals surface area (Å²) in [6.45, 7) is 4.37. The minimum atomic E-state index is -5.00. The Morgan fingerprint density at radius 3 is 0.910 bits per heavy atom. The van der Waals surface area contributed by atoms with Crippen molar-refractivity contribution in [3.63, 3.8) is 0 Å². The van der Waals surface area contributed by atoms with E-state index in [0.29, 0.717) is 32.1 Å². The van der Waals surface area contributed by atoms with E-state index >= 15 is 0 Å². The average molecular weight is 1440 g/mol. The number of ether oxygens (including phenoxy) is 4. The first-order valence-corrected chi connectivity index (χ1v) is 40.7.